The van der Waals surface area contributed by atoms with Gasteiger partial charge in [-0.3, -0.25) is 14.7 Å². The summed E-state index contributed by atoms with van der Waals surface area (Å²) in [5, 5.41) is 12.7. The number of rotatable bonds is 4. The lowest BCUT2D eigenvalue weighted by Gasteiger charge is -2.14. The number of hydrogen-bond donors (Lipinski definition) is 3. The summed E-state index contributed by atoms with van der Waals surface area (Å²) in [6.07, 6.45) is 1.88. The van der Waals surface area contributed by atoms with Crippen LogP contribution in [0.2, 0.25) is 0 Å². The third-order valence-corrected chi connectivity index (χ3v) is 5.24. The Morgan fingerprint density at radius 1 is 1.18 bits per heavy atom. The lowest BCUT2D eigenvalue weighted by molar-refractivity contribution is -0.118. The highest BCUT2D eigenvalue weighted by atomic mass is 79.9. The lowest BCUT2D eigenvalue weighted by Crippen LogP contribution is -2.43. The SMILES string of the molecule is O=C(N[C@@H]1CCc2cc(Br)ccc2NC1=O)c1cc(Cc2ccccc2)[nH]n1. The van der Waals surface area contributed by atoms with E-state index in [9.17, 15) is 9.59 Å². The molecular formula is C21H19BrN4O2. The Hall–Kier alpha value is -2.93. The second-order valence-electron chi connectivity index (χ2n) is 6.80. The number of halogens is 1. The van der Waals surface area contributed by atoms with E-state index in [1.54, 1.807) is 6.07 Å². The summed E-state index contributed by atoms with van der Waals surface area (Å²) in [7, 11) is 0. The Morgan fingerprint density at radius 3 is 2.82 bits per heavy atom. The zero-order chi connectivity index (χ0) is 19.5. The molecule has 2 aromatic carbocycles. The van der Waals surface area contributed by atoms with Gasteiger partial charge in [-0.1, -0.05) is 46.3 Å². The molecule has 0 bridgehead atoms. The van der Waals surface area contributed by atoms with E-state index in [-0.39, 0.29) is 17.5 Å². The number of hydrogen-bond acceptors (Lipinski definition) is 3. The minimum atomic E-state index is -0.604. The molecule has 1 aliphatic heterocycles. The van der Waals surface area contributed by atoms with Gasteiger partial charge in [0.15, 0.2) is 0 Å². The number of anilines is 1. The van der Waals surface area contributed by atoms with Crippen LogP contribution in [0.4, 0.5) is 5.69 Å². The van der Waals surface area contributed by atoms with Gasteiger partial charge in [0.25, 0.3) is 5.91 Å². The second-order valence-corrected chi connectivity index (χ2v) is 7.71. The van der Waals surface area contributed by atoms with Crippen molar-refractivity contribution in [1.29, 1.82) is 0 Å². The minimum absolute atomic E-state index is 0.213. The van der Waals surface area contributed by atoms with Gasteiger partial charge < -0.3 is 10.6 Å². The number of aryl methyl sites for hydroxylation is 1. The predicted molar refractivity (Wildman–Crippen MR) is 110 cm³/mol. The average Bonchev–Trinajstić information content (AvgIpc) is 3.10. The summed E-state index contributed by atoms with van der Waals surface area (Å²) >= 11 is 3.45. The Bertz CT molecular complexity index is 1020. The van der Waals surface area contributed by atoms with Crippen LogP contribution in [-0.4, -0.2) is 28.1 Å². The van der Waals surface area contributed by atoms with Gasteiger partial charge in [-0.15, -0.1) is 0 Å². The molecule has 0 aliphatic carbocycles. The number of amides is 2. The van der Waals surface area contributed by atoms with Crippen LogP contribution in [0, 0.1) is 0 Å². The van der Waals surface area contributed by atoms with Crippen molar-refractivity contribution in [2.24, 2.45) is 0 Å². The Kier molecular flexibility index (Phi) is 5.25. The van der Waals surface area contributed by atoms with Crippen molar-refractivity contribution < 1.29 is 9.59 Å². The van der Waals surface area contributed by atoms with Crippen LogP contribution in [0.25, 0.3) is 0 Å². The van der Waals surface area contributed by atoms with Crippen LogP contribution in [0.5, 0.6) is 0 Å². The zero-order valence-electron chi connectivity index (χ0n) is 15.0. The van der Waals surface area contributed by atoms with E-state index >= 15 is 0 Å². The van der Waals surface area contributed by atoms with Crippen molar-refractivity contribution in [1.82, 2.24) is 15.5 Å². The number of fused-ring (bicyclic) bond motifs is 1. The number of benzene rings is 2. The molecule has 1 aromatic heterocycles. The monoisotopic (exact) mass is 438 g/mol. The number of aromatic amines is 1. The van der Waals surface area contributed by atoms with Crippen LogP contribution in [0.15, 0.2) is 59.1 Å². The fourth-order valence-corrected chi connectivity index (χ4v) is 3.70. The number of H-pyrrole nitrogens is 1. The van der Waals surface area contributed by atoms with E-state index in [4.69, 9.17) is 0 Å². The molecule has 3 aromatic rings. The van der Waals surface area contributed by atoms with E-state index in [1.165, 1.54) is 0 Å². The highest BCUT2D eigenvalue weighted by molar-refractivity contribution is 9.10. The van der Waals surface area contributed by atoms with Crippen LogP contribution < -0.4 is 10.6 Å². The molecule has 142 valence electrons. The minimum Gasteiger partial charge on any atom is -0.339 e. The summed E-state index contributed by atoms with van der Waals surface area (Å²) in [5.41, 5.74) is 4.09. The molecule has 0 unspecified atom stereocenters. The Labute approximate surface area is 170 Å². The highest BCUT2D eigenvalue weighted by Crippen LogP contribution is 2.25. The van der Waals surface area contributed by atoms with Crippen LogP contribution in [0.1, 0.15) is 33.7 Å². The molecule has 1 aliphatic rings. The lowest BCUT2D eigenvalue weighted by atomic mass is 10.1. The van der Waals surface area contributed by atoms with Crippen LogP contribution in [-0.2, 0) is 17.6 Å². The number of carbonyl (C=O) groups excluding carboxylic acids is 2. The summed E-state index contributed by atoms with van der Waals surface area (Å²) < 4.78 is 0.963. The van der Waals surface area contributed by atoms with Crippen molar-refractivity contribution in [3.05, 3.63) is 81.6 Å². The Morgan fingerprint density at radius 2 is 2.00 bits per heavy atom. The quantitative estimate of drug-likeness (QED) is 0.582. The van der Waals surface area contributed by atoms with E-state index in [0.29, 0.717) is 19.3 Å². The van der Waals surface area contributed by atoms with E-state index in [1.807, 2.05) is 48.5 Å². The second kappa shape index (κ2) is 7.98. The largest absolute Gasteiger partial charge is 0.339 e. The first-order valence-corrected chi connectivity index (χ1v) is 9.86. The first-order valence-electron chi connectivity index (χ1n) is 9.07. The van der Waals surface area contributed by atoms with Gasteiger partial charge in [-0.05, 0) is 48.2 Å². The molecular weight excluding hydrogens is 420 g/mol. The Balaban J connectivity index is 1.42. The fraction of sp³-hybridized carbons (Fsp3) is 0.190. The average molecular weight is 439 g/mol. The standard InChI is InChI=1S/C21H19BrN4O2/c22-15-7-9-17-14(11-15)6-8-18(20(27)23-17)24-21(28)19-12-16(25-26-19)10-13-4-2-1-3-5-13/h1-5,7,9,11-12,18H,6,8,10H2,(H,23,27)(H,24,28)(H,25,26)/t18-/m1/s1. The summed E-state index contributed by atoms with van der Waals surface area (Å²) in [5.74, 6) is -0.572. The van der Waals surface area contributed by atoms with Gasteiger partial charge in [0, 0.05) is 22.3 Å². The van der Waals surface area contributed by atoms with Crippen molar-refractivity contribution in [3.8, 4) is 0 Å². The first-order chi connectivity index (χ1) is 13.6. The molecule has 1 atom stereocenters. The zero-order valence-corrected chi connectivity index (χ0v) is 16.6. The van der Waals surface area contributed by atoms with Gasteiger partial charge >= 0.3 is 0 Å². The maximum Gasteiger partial charge on any atom is 0.272 e. The van der Waals surface area contributed by atoms with Crippen molar-refractivity contribution >= 4 is 33.4 Å². The molecule has 0 saturated heterocycles. The van der Waals surface area contributed by atoms with Gasteiger partial charge in [0.05, 0.1) is 0 Å². The molecule has 2 amide bonds. The molecule has 4 rings (SSSR count). The van der Waals surface area contributed by atoms with Gasteiger partial charge in [0.2, 0.25) is 5.91 Å². The molecule has 0 fully saturated rings. The van der Waals surface area contributed by atoms with Crippen molar-refractivity contribution in [2.75, 3.05) is 5.32 Å². The van der Waals surface area contributed by atoms with Crippen molar-refractivity contribution in [2.45, 2.75) is 25.3 Å². The maximum absolute atomic E-state index is 12.6. The smallest absolute Gasteiger partial charge is 0.272 e. The number of aromatic nitrogens is 2. The molecule has 28 heavy (non-hydrogen) atoms. The predicted octanol–water partition coefficient (Wildman–Crippen LogP) is 3.45. The highest BCUT2D eigenvalue weighted by Gasteiger charge is 2.26. The summed E-state index contributed by atoms with van der Waals surface area (Å²) in [4.78, 5) is 25.1. The normalized spacial score (nSPS) is 16.0. The fourth-order valence-electron chi connectivity index (χ4n) is 3.30. The molecule has 6 nitrogen and oxygen atoms in total. The number of nitrogens with one attached hydrogen (secondary N) is 3. The van der Waals surface area contributed by atoms with Gasteiger partial charge in [-0.2, -0.15) is 5.10 Å². The molecule has 2 heterocycles. The molecule has 0 saturated carbocycles. The van der Waals surface area contributed by atoms with Crippen molar-refractivity contribution in [3.63, 3.8) is 0 Å². The number of nitrogens with zero attached hydrogens (tertiary/aromatic N) is 1. The molecule has 7 heteroatoms. The van der Waals surface area contributed by atoms with E-state index in [0.717, 1.165) is 27.0 Å². The van der Waals surface area contributed by atoms with Gasteiger partial charge in [0.1, 0.15) is 11.7 Å². The third kappa shape index (κ3) is 4.14. The maximum atomic E-state index is 12.6. The topological polar surface area (TPSA) is 86.9 Å². The summed E-state index contributed by atoms with van der Waals surface area (Å²) in [6, 6.07) is 16.8. The third-order valence-electron chi connectivity index (χ3n) is 4.75. The first kappa shape index (κ1) is 18.4. The molecule has 3 N–H and O–H groups in total. The number of carbonyl (C=O) groups is 2. The molecule has 0 spiro atoms. The molecule has 0 radical (unpaired) electrons. The van der Waals surface area contributed by atoms with E-state index in [2.05, 4.69) is 36.8 Å². The van der Waals surface area contributed by atoms with E-state index < -0.39 is 6.04 Å². The van der Waals surface area contributed by atoms with Crippen LogP contribution in [0.3, 0.4) is 0 Å². The van der Waals surface area contributed by atoms with Gasteiger partial charge in [-0.25, -0.2) is 0 Å². The summed E-state index contributed by atoms with van der Waals surface area (Å²) in [6.45, 7) is 0. The van der Waals surface area contributed by atoms with Crippen LogP contribution >= 0.6 is 15.9 Å².